The van der Waals surface area contributed by atoms with Crippen molar-refractivity contribution < 1.29 is 4.79 Å². The molecule has 0 bridgehead atoms. The van der Waals surface area contributed by atoms with Gasteiger partial charge in [-0.1, -0.05) is 25.1 Å². The highest BCUT2D eigenvalue weighted by molar-refractivity contribution is 5.87. The minimum absolute atomic E-state index is 0.00183. The molecule has 2 nitrogen and oxygen atoms in total. The van der Waals surface area contributed by atoms with Gasteiger partial charge in [0.05, 0.1) is 0 Å². The number of Topliss-reactive ketones (excluding diaryl/α,β-unsaturated/α-hetero) is 1. The van der Waals surface area contributed by atoms with E-state index in [0.29, 0.717) is 17.6 Å². The summed E-state index contributed by atoms with van der Waals surface area (Å²) >= 11 is 0. The smallest absolute Gasteiger partial charge is 0.139 e. The number of benzene rings is 1. The summed E-state index contributed by atoms with van der Waals surface area (Å²) < 4.78 is 0. The fraction of sp³-hybridized carbons (Fsp3) is 0.650. The second-order valence-electron chi connectivity index (χ2n) is 7.91. The number of rotatable bonds is 2. The molecule has 3 aliphatic rings. The van der Waals surface area contributed by atoms with Gasteiger partial charge in [0.2, 0.25) is 0 Å². The van der Waals surface area contributed by atoms with Gasteiger partial charge in [0, 0.05) is 11.8 Å². The number of carbonyl (C=O) groups excluding carboxylic acids is 1. The molecule has 0 radical (unpaired) electrons. The Bertz CT molecular complexity index is 608. The molecule has 0 aromatic heterocycles. The topological polar surface area (TPSA) is 43.1 Å². The first kappa shape index (κ1) is 14.4. The maximum absolute atomic E-state index is 12.4. The quantitative estimate of drug-likeness (QED) is 0.906. The van der Waals surface area contributed by atoms with E-state index < -0.39 is 0 Å². The largest absolute Gasteiger partial charge is 0.330 e. The van der Waals surface area contributed by atoms with Gasteiger partial charge in [-0.15, -0.1) is 0 Å². The second kappa shape index (κ2) is 5.19. The molecule has 4 atom stereocenters. The summed E-state index contributed by atoms with van der Waals surface area (Å²) in [6, 6.07) is 7.05. The number of fused-ring (bicyclic) bond motifs is 5. The highest BCUT2D eigenvalue weighted by Gasteiger charge is 2.54. The Labute approximate surface area is 133 Å². The Morgan fingerprint density at radius 1 is 1.23 bits per heavy atom. The lowest BCUT2D eigenvalue weighted by Crippen LogP contribution is -2.42. The lowest BCUT2D eigenvalue weighted by molar-refractivity contribution is -0.129. The first-order valence-electron chi connectivity index (χ1n) is 8.98. The monoisotopic (exact) mass is 297 g/mol. The molecule has 3 aliphatic carbocycles. The van der Waals surface area contributed by atoms with Gasteiger partial charge in [-0.2, -0.15) is 0 Å². The molecule has 2 saturated carbocycles. The molecule has 1 aromatic rings. The van der Waals surface area contributed by atoms with Crippen LogP contribution in [0.2, 0.25) is 0 Å². The van der Waals surface area contributed by atoms with Crippen molar-refractivity contribution in [2.45, 2.75) is 57.8 Å². The molecular weight excluding hydrogens is 270 g/mol. The van der Waals surface area contributed by atoms with Crippen LogP contribution in [-0.4, -0.2) is 12.3 Å². The average molecular weight is 297 g/mol. The fourth-order valence-corrected chi connectivity index (χ4v) is 5.73. The molecule has 0 spiro atoms. The summed E-state index contributed by atoms with van der Waals surface area (Å²) in [4.78, 5) is 12.4. The van der Waals surface area contributed by atoms with Crippen molar-refractivity contribution in [2.75, 3.05) is 6.54 Å². The maximum Gasteiger partial charge on any atom is 0.139 e. The van der Waals surface area contributed by atoms with E-state index in [4.69, 9.17) is 5.73 Å². The standard InChI is InChI=1S/C20H27NO/c1-20-10-8-16-15-4-2-13(9-11-21)12-14(15)3-5-17(16)18(20)6-7-19(20)22/h2,4,12,16-18H,3,5-11,21H2,1H3/t16-,17-,18+,20+/m1/s1. The summed E-state index contributed by atoms with van der Waals surface area (Å²) in [5, 5.41) is 0. The van der Waals surface area contributed by atoms with E-state index >= 15 is 0 Å². The Morgan fingerprint density at radius 2 is 2.09 bits per heavy atom. The third-order valence-corrected chi connectivity index (χ3v) is 6.93. The lowest BCUT2D eigenvalue weighted by Gasteiger charge is -2.48. The SMILES string of the molecule is C[C@]12CC[C@@H]3c4ccc(CCN)cc4CC[C@H]3[C@@H]1CCC2=O. The van der Waals surface area contributed by atoms with Crippen LogP contribution >= 0.6 is 0 Å². The summed E-state index contributed by atoms with van der Waals surface area (Å²) in [5.41, 5.74) is 10.2. The van der Waals surface area contributed by atoms with Crippen LogP contribution in [0.5, 0.6) is 0 Å². The molecule has 2 N–H and O–H groups in total. The third-order valence-electron chi connectivity index (χ3n) is 6.93. The normalized spacial score (nSPS) is 36.6. The number of carbonyl (C=O) groups is 1. The zero-order chi connectivity index (χ0) is 15.3. The zero-order valence-electron chi connectivity index (χ0n) is 13.6. The third kappa shape index (κ3) is 2.00. The molecule has 0 aliphatic heterocycles. The second-order valence-corrected chi connectivity index (χ2v) is 7.91. The van der Waals surface area contributed by atoms with Gasteiger partial charge >= 0.3 is 0 Å². The molecule has 0 amide bonds. The molecular formula is C20H27NO. The number of hydrogen-bond donors (Lipinski definition) is 1. The van der Waals surface area contributed by atoms with Crippen molar-refractivity contribution in [3.05, 3.63) is 34.9 Å². The van der Waals surface area contributed by atoms with Crippen LogP contribution < -0.4 is 5.73 Å². The first-order chi connectivity index (χ1) is 10.6. The van der Waals surface area contributed by atoms with E-state index in [1.54, 1.807) is 11.1 Å². The minimum atomic E-state index is -0.00183. The molecule has 4 rings (SSSR count). The summed E-state index contributed by atoms with van der Waals surface area (Å²) in [6.07, 6.45) is 7.71. The predicted octanol–water partition coefficient (Wildman–Crippen LogP) is 3.61. The Morgan fingerprint density at radius 3 is 2.91 bits per heavy atom. The highest BCUT2D eigenvalue weighted by atomic mass is 16.1. The Hall–Kier alpha value is -1.15. The van der Waals surface area contributed by atoms with Gasteiger partial charge in [-0.05, 0) is 79.5 Å². The van der Waals surface area contributed by atoms with Gasteiger partial charge in [0.1, 0.15) is 5.78 Å². The van der Waals surface area contributed by atoms with E-state index in [2.05, 4.69) is 25.1 Å². The van der Waals surface area contributed by atoms with Crippen molar-refractivity contribution in [1.82, 2.24) is 0 Å². The average Bonchev–Trinajstić information content (AvgIpc) is 2.83. The summed E-state index contributed by atoms with van der Waals surface area (Å²) in [5.74, 6) is 2.60. The number of ketones is 1. The summed E-state index contributed by atoms with van der Waals surface area (Å²) in [6.45, 7) is 2.98. The molecule has 1 aromatic carbocycles. The van der Waals surface area contributed by atoms with Gasteiger partial charge in [0.25, 0.3) is 0 Å². The predicted molar refractivity (Wildman–Crippen MR) is 88.8 cm³/mol. The van der Waals surface area contributed by atoms with Crippen LogP contribution in [0.1, 0.15) is 61.6 Å². The van der Waals surface area contributed by atoms with Crippen LogP contribution in [0.3, 0.4) is 0 Å². The molecule has 0 saturated heterocycles. The van der Waals surface area contributed by atoms with Crippen LogP contribution in [0.25, 0.3) is 0 Å². The van der Waals surface area contributed by atoms with Crippen molar-refractivity contribution in [1.29, 1.82) is 0 Å². The van der Waals surface area contributed by atoms with E-state index in [1.165, 1.54) is 24.8 Å². The summed E-state index contributed by atoms with van der Waals surface area (Å²) in [7, 11) is 0. The van der Waals surface area contributed by atoms with E-state index in [-0.39, 0.29) is 5.41 Å². The molecule has 0 unspecified atom stereocenters. The number of aryl methyl sites for hydroxylation is 1. The van der Waals surface area contributed by atoms with Crippen LogP contribution in [0.15, 0.2) is 18.2 Å². The molecule has 2 fully saturated rings. The van der Waals surface area contributed by atoms with E-state index in [1.807, 2.05) is 0 Å². The highest BCUT2D eigenvalue weighted by Crippen LogP contribution is 2.59. The van der Waals surface area contributed by atoms with Crippen molar-refractivity contribution in [3.63, 3.8) is 0 Å². The molecule has 118 valence electrons. The van der Waals surface area contributed by atoms with Gasteiger partial charge < -0.3 is 5.73 Å². The van der Waals surface area contributed by atoms with Crippen molar-refractivity contribution in [2.24, 2.45) is 23.0 Å². The van der Waals surface area contributed by atoms with Crippen LogP contribution in [-0.2, 0) is 17.6 Å². The first-order valence-corrected chi connectivity index (χ1v) is 8.98. The van der Waals surface area contributed by atoms with E-state index in [9.17, 15) is 4.79 Å². The van der Waals surface area contributed by atoms with Gasteiger partial charge in [-0.25, -0.2) is 0 Å². The van der Waals surface area contributed by atoms with Gasteiger partial charge in [0.15, 0.2) is 0 Å². The Balaban J connectivity index is 1.66. The van der Waals surface area contributed by atoms with Crippen molar-refractivity contribution in [3.8, 4) is 0 Å². The molecule has 0 heterocycles. The molecule has 2 heteroatoms. The number of hydrogen-bond acceptors (Lipinski definition) is 2. The zero-order valence-corrected chi connectivity index (χ0v) is 13.6. The van der Waals surface area contributed by atoms with Crippen LogP contribution in [0.4, 0.5) is 0 Å². The lowest BCUT2D eigenvalue weighted by atomic mass is 9.55. The minimum Gasteiger partial charge on any atom is -0.330 e. The van der Waals surface area contributed by atoms with E-state index in [0.717, 1.165) is 38.1 Å². The Kier molecular flexibility index (Phi) is 3.41. The van der Waals surface area contributed by atoms with Gasteiger partial charge in [-0.3, -0.25) is 4.79 Å². The maximum atomic E-state index is 12.4. The van der Waals surface area contributed by atoms with Crippen molar-refractivity contribution >= 4 is 5.78 Å². The fourth-order valence-electron chi connectivity index (χ4n) is 5.73. The number of nitrogens with two attached hydrogens (primary N) is 1. The molecule has 22 heavy (non-hydrogen) atoms. The van der Waals surface area contributed by atoms with Crippen LogP contribution in [0, 0.1) is 17.3 Å².